The molecule has 12 nitrogen and oxygen atoms in total. The van der Waals surface area contributed by atoms with Crippen molar-refractivity contribution in [3.8, 4) is 5.75 Å². The van der Waals surface area contributed by atoms with E-state index in [4.69, 9.17) is 19.2 Å². The number of sulfonamides is 1. The molecule has 0 saturated carbocycles. The Morgan fingerprint density at radius 1 is 1.27 bits per heavy atom. The lowest BCUT2D eigenvalue weighted by Crippen LogP contribution is -2.42. The topological polar surface area (TPSA) is 141 Å². The number of nitrogens with zero attached hydrogens (tertiary/aromatic N) is 3. The first-order valence-electron chi connectivity index (χ1n) is 13.1. The molecule has 14 heteroatoms. The summed E-state index contributed by atoms with van der Waals surface area (Å²) in [6, 6.07) is 11.2. The highest BCUT2D eigenvalue weighted by Crippen LogP contribution is 2.31. The number of cyclic esters (lactones) is 1. The van der Waals surface area contributed by atoms with E-state index in [9.17, 15) is 18.0 Å². The smallest absolute Gasteiger partial charge is 0.310 e. The maximum atomic E-state index is 13.7. The zero-order chi connectivity index (χ0) is 29.7. The van der Waals surface area contributed by atoms with Crippen molar-refractivity contribution in [3.63, 3.8) is 0 Å². The highest BCUT2D eigenvalue weighted by atomic mass is 32.2. The predicted molar refractivity (Wildman–Crippen MR) is 155 cm³/mol. The summed E-state index contributed by atoms with van der Waals surface area (Å²) < 4.78 is 48.9. The van der Waals surface area contributed by atoms with Gasteiger partial charge in [-0.3, -0.25) is 9.59 Å². The van der Waals surface area contributed by atoms with Crippen LogP contribution in [-0.2, 0) is 35.6 Å². The molecule has 1 unspecified atom stereocenters. The minimum atomic E-state index is -4.21. The van der Waals surface area contributed by atoms with Gasteiger partial charge >= 0.3 is 5.97 Å². The Hall–Kier alpha value is -3.17. The molecular weight excluding hydrogens is 570 g/mol. The number of carbonyl (C=O) groups is 2. The standard InChI is InChI=1S/C27H35N5O7S2/c1-6-37-26-21(14-25(34)39-26)30-41(35,36)24-12-11-18(28-17(2)33)13-23(24)38-19(15-31(3)4)16-32-22-10-8-7-9-20(22)29-27(32)40-5/h7-13,19,21,26,30H,6,14-16H2,1-5H3,(H,28,33)/t19-,21?,26+/m1/s1. The van der Waals surface area contributed by atoms with E-state index in [0.29, 0.717) is 18.8 Å². The third-order valence-corrected chi connectivity index (χ3v) is 8.41. The fourth-order valence-corrected chi connectivity index (χ4v) is 6.54. The number of para-hydroxylation sites is 2. The van der Waals surface area contributed by atoms with E-state index >= 15 is 0 Å². The summed E-state index contributed by atoms with van der Waals surface area (Å²) in [6.45, 7) is 4.16. The van der Waals surface area contributed by atoms with Crippen LogP contribution in [0.5, 0.6) is 5.75 Å². The molecule has 0 bridgehead atoms. The maximum absolute atomic E-state index is 13.7. The first kappa shape index (κ1) is 30.8. The number of benzene rings is 2. The number of rotatable bonds is 13. The third kappa shape index (κ3) is 7.57. The largest absolute Gasteiger partial charge is 0.486 e. The summed E-state index contributed by atoms with van der Waals surface area (Å²) in [5.41, 5.74) is 2.15. The van der Waals surface area contributed by atoms with Crippen LogP contribution in [0.25, 0.3) is 11.0 Å². The number of imidazole rings is 1. The number of amides is 1. The predicted octanol–water partition coefficient (Wildman–Crippen LogP) is 2.68. The molecule has 1 aliphatic rings. The molecular formula is C27H35N5O7S2. The van der Waals surface area contributed by atoms with Crippen LogP contribution in [0.2, 0.25) is 0 Å². The molecule has 0 aliphatic carbocycles. The Morgan fingerprint density at radius 2 is 2.02 bits per heavy atom. The van der Waals surface area contributed by atoms with Crippen LogP contribution >= 0.6 is 11.8 Å². The van der Waals surface area contributed by atoms with Crippen molar-refractivity contribution in [2.75, 3.05) is 38.8 Å². The molecule has 1 aliphatic heterocycles. The van der Waals surface area contributed by atoms with Gasteiger partial charge in [-0.25, -0.2) is 18.1 Å². The summed E-state index contributed by atoms with van der Waals surface area (Å²) in [5, 5.41) is 3.48. The lowest BCUT2D eigenvalue weighted by atomic mass is 10.2. The lowest BCUT2D eigenvalue weighted by molar-refractivity contribution is -0.163. The normalized spacial score (nSPS) is 18.0. The number of carbonyl (C=O) groups excluding carboxylic acids is 2. The van der Waals surface area contributed by atoms with Gasteiger partial charge in [0.1, 0.15) is 16.7 Å². The Balaban J connectivity index is 1.71. The monoisotopic (exact) mass is 605 g/mol. The molecule has 3 aromatic rings. The van der Waals surface area contributed by atoms with Gasteiger partial charge in [0.2, 0.25) is 22.2 Å². The average molecular weight is 606 g/mol. The molecule has 0 radical (unpaired) electrons. The minimum Gasteiger partial charge on any atom is -0.486 e. The molecule has 0 spiro atoms. The first-order valence-corrected chi connectivity index (χ1v) is 15.8. The zero-order valence-electron chi connectivity index (χ0n) is 23.6. The molecule has 222 valence electrons. The number of thioether (sulfide) groups is 1. The van der Waals surface area contributed by atoms with Crippen LogP contribution < -0.4 is 14.8 Å². The van der Waals surface area contributed by atoms with Crippen molar-refractivity contribution in [1.29, 1.82) is 0 Å². The van der Waals surface area contributed by atoms with E-state index in [2.05, 4.69) is 10.0 Å². The molecule has 1 aromatic heterocycles. The van der Waals surface area contributed by atoms with Crippen molar-refractivity contribution in [2.24, 2.45) is 0 Å². The van der Waals surface area contributed by atoms with Gasteiger partial charge in [-0.05, 0) is 51.5 Å². The van der Waals surface area contributed by atoms with E-state index in [1.807, 2.05) is 54.1 Å². The second-order valence-corrected chi connectivity index (χ2v) is 12.2. The summed E-state index contributed by atoms with van der Waals surface area (Å²) in [5.74, 6) is -0.828. The van der Waals surface area contributed by atoms with Crippen LogP contribution in [-0.4, -0.2) is 86.7 Å². The minimum absolute atomic E-state index is 0.0453. The number of anilines is 1. The number of nitrogens with one attached hydrogen (secondary N) is 2. The Kier molecular flexibility index (Phi) is 9.92. The van der Waals surface area contributed by atoms with E-state index < -0.39 is 34.4 Å². The van der Waals surface area contributed by atoms with Crippen LogP contribution in [0.3, 0.4) is 0 Å². The molecule has 41 heavy (non-hydrogen) atoms. The zero-order valence-corrected chi connectivity index (χ0v) is 25.3. The number of likely N-dealkylation sites (N-methyl/N-ethyl adjacent to an activating group) is 1. The molecule has 2 N–H and O–H groups in total. The van der Waals surface area contributed by atoms with Gasteiger partial charge in [0.15, 0.2) is 5.16 Å². The summed E-state index contributed by atoms with van der Waals surface area (Å²) in [4.78, 5) is 30.2. The second kappa shape index (κ2) is 13.2. The number of ether oxygens (including phenoxy) is 3. The first-order chi connectivity index (χ1) is 19.5. The molecule has 2 aromatic carbocycles. The van der Waals surface area contributed by atoms with Crippen molar-refractivity contribution in [3.05, 3.63) is 42.5 Å². The SMILES string of the molecule is CCO[C@H]1OC(=O)CC1NS(=O)(=O)c1ccc(NC(C)=O)cc1O[C@H](CN(C)C)Cn1c(SC)nc2ccccc21. The van der Waals surface area contributed by atoms with Gasteiger partial charge in [0.05, 0.1) is 30.0 Å². The average Bonchev–Trinajstić information content (AvgIpc) is 3.42. The fourth-order valence-electron chi connectivity index (χ4n) is 4.62. The van der Waals surface area contributed by atoms with Crippen molar-refractivity contribution in [2.45, 2.75) is 55.3 Å². The highest BCUT2D eigenvalue weighted by molar-refractivity contribution is 7.98. The summed E-state index contributed by atoms with van der Waals surface area (Å²) >= 11 is 1.51. The van der Waals surface area contributed by atoms with Gasteiger partial charge in [-0.1, -0.05) is 23.9 Å². The van der Waals surface area contributed by atoms with E-state index in [1.165, 1.54) is 36.9 Å². The van der Waals surface area contributed by atoms with Crippen LogP contribution in [0.1, 0.15) is 20.3 Å². The van der Waals surface area contributed by atoms with Gasteiger partial charge in [0, 0.05) is 31.8 Å². The maximum Gasteiger partial charge on any atom is 0.310 e. The molecule has 1 amide bonds. The van der Waals surface area contributed by atoms with E-state index in [1.54, 1.807) is 6.92 Å². The number of fused-ring (bicyclic) bond motifs is 1. The van der Waals surface area contributed by atoms with Crippen molar-refractivity contribution in [1.82, 2.24) is 19.2 Å². The molecule has 1 fully saturated rings. The van der Waals surface area contributed by atoms with Crippen LogP contribution in [0.15, 0.2) is 52.5 Å². The van der Waals surface area contributed by atoms with Crippen molar-refractivity contribution < 1.29 is 32.2 Å². The van der Waals surface area contributed by atoms with Crippen LogP contribution in [0, 0.1) is 0 Å². The summed E-state index contributed by atoms with van der Waals surface area (Å²) in [7, 11) is -0.417. The molecule has 1 saturated heterocycles. The lowest BCUT2D eigenvalue weighted by Gasteiger charge is -2.26. The fraction of sp³-hybridized carbons (Fsp3) is 0.444. The van der Waals surface area contributed by atoms with Crippen LogP contribution in [0.4, 0.5) is 5.69 Å². The molecule has 3 atom stereocenters. The Morgan fingerprint density at radius 3 is 2.71 bits per heavy atom. The number of hydrogen-bond acceptors (Lipinski definition) is 10. The third-order valence-electron chi connectivity index (χ3n) is 6.20. The van der Waals surface area contributed by atoms with Gasteiger partial charge in [-0.15, -0.1) is 0 Å². The number of esters is 1. The van der Waals surface area contributed by atoms with Gasteiger partial charge < -0.3 is 29.0 Å². The van der Waals surface area contributed by atoms with Gasteiger partial charge in [-0.2, -0.15) is 0 Å². The van der Waals surface area contributed by atoms with E-state index in [0.717, 1.165) is 16.2 Å². The quantitative estimate of drug-likeness (QED) is 0.221. The van der Waals surface area contributed by atoms with Crippen molar-refractivity contribution >= 4 is 50.4 Å². The molecule has 4 rings (SSSR count). The number of aromatic nitrogens is 2. The highest BCUT2D eigenvalue weighted by Gasteiger charge is 2.39. The second-order valence-electron chi connectivity index (χ2n) is 9.79. The van der Waals surface area contributed by atoms with E-state index in [-0.39, 0.29) is 29.6 Å². The number of hydrogen-bond donors (Lipinski definition) is 2. The Labute approximate surface area is 243 Å². The summed E-state index contributed by atoms with van der Waals surface area (Å²) in [6.07, 6.45) is 0.229. The van der Waals surface area contributed by atoms with Gasteiger partial charge in [0.25, 0.3) is 0 Å². The molecule has 2 heterocycles. The Bertz CT molecular complexity index is 1510.